The molecule has 0 spiro atoms. The zero-order valence-electron chi connectivity index (χ0n) is 8.86. The van der Waals surface area contributed by atoms with Crippen molar-refractivity contribution in [2.45, 2.75) is 27.7 Å². The minimum atomic E-state index is 0.170. The highest BCUT2D eigenvalue weighted by atomic mass is 35.5. The van der Waals surface area contributed by atoms with E-state index in [4.69, 9.17) is 16.0 Å². The van der Waals surface area contributed by atoms with Crippen LogP contribution in [-0.2, 0) is 4.43 Å². The highest BCUT2D eigenvalue weighted by molar-refractivity contribution is 6.18. The van der Waals surface area contributed by atoms with E-state index in [0.29, 0.717) is 17.7 Å². The molecular formula is C9H21ClOSi. The van der Waals surface area contributed by atoms with Gasteiger partial charge in [0, 0.05) is 17.9 Å². The van der Waals surface area contributed by atoms with Crippen LogP contribution in [0.3, 0.4) is 0 Å². The Morgan fingerprint density at radius 1 is 1.25 bits per heavy atom. The van der Waals surface area contributed by atoms with E-state index in [1.165, 1.54) is 0 Å². The third-order valence-corrected chi connectivity index (χ3v) is 3.75. The van der Waals surface area contributed by atoms with Crippen molar-refractivity contribution in [2.24, 2.45) is 17.3 Å². The molecule has 0 aromatic rings. The molecule has 0 bridgehead atoms. The van der Waals surface area contributed by atoms with E-state index in [1.54, 1.807) is 0 Å². The van der Waals surface area contributed by atoms with Crippen molar-refractivity contribution < 1.29 is 4.43 Å². The van der Waals surface area contributed by atoms with Gasteiger partial charge in [0.05, 0.1) is 0 Å². The number of alkyl halides is 1. The summed E-state index contributed by atoms with van der Waals surface area (Å²) < 4.78 is 5.38. The van der Waals surface area contributed by atoms with E-state index in [9.17, 15) is 0 Å². The summed E-state index contributed by atoms with van der Waals surface area (Å²) in [6.45, 7) is 9.72. The monoisotopic (exact) mass is 208 g/mol. The predicted octanol–water partition coefficient (Wildman–Crippen LogP) is 1.82. The van der Waals surface area contributed by atoms with Crippen LogP contribution in [0.1, 0.15) is 27.7 Å². The van der Waals surface area contributed by atoms with Gasteiger partial charge in [-0.3, -0.25) is 0 Å². The highest BCUT2D eigenvalue weighted by Crippen LogP contribution is 2.37. The first-order valence-electron chi connectivity index (χ1n) is 4.56. The van der Waals surface area contributed by atoms with Crippen LogP contribution >= 0.6 is 11.6 Å². The molecule has 1 nitrogen and oxygen atoms in total. The van der Waals surface area contributed by atoms with Gasteiger partial charge in [0.2, 0.25) is 0 Å². The Labute approximate surface area is 84.4 Å². The van der Waals surface area contributed by atoms with Crippen molar-refractivity contribution in [1.82, 2.24) is 0 Å². The van der Waals surface area contributed by atoms with Gasteiger partial charge in [-0.2, -0.15) is 0 Å². The average Bonchev–Trinajstić information content (AvgIpc) is 1.98. The number of rotatable bonds is 5. The Balaban J connectivity index is 4.51. The first-order valence-corrected chi connectivity index (χ1v) is 5.91. The van der Waals surface area contributed by atoms with Crippen molar-refractivity contribution in [3.05, 3.63) is 0 Å². The SMILES string of the molecule is CC(C)C(CCl)(CO[SiH3])C(C)C. The lowest BCUT2D eigenvalue weighted by Crippen LogP contribution is -2.39. The molecule has 74 valence electrons. The van der Waals surface area contributed by atoms with Gasteiger partial charge in [-0.1, -0.05) is 27.7 Å². The van der Waals surface area contributed by atoms with Crippen LogP contribution in [0.25, 0.3) is 0 Å². The van der Waals surface area contributed by atoms with E-state index in [1.807, 2.05) is 0 Å². The Hall–Kier alpha value is 0.467. The minimum Gasteiger partial charge on any atom is -0.427 e. The van der Waals surface area contributed by atoms with Gasteiger partial charge in [0.1, 0.15) is 10.5 Å². The van der Waals surface area contributed by atoms with Crippen LogP contribution in [0.2, 0.25) is 0 Å². The minimum absolute atomic E-state index is 0.170. The zero-order chi connectivity index (χ0) is 9.78. The van der Waals surface area contributed by atoms with Crippen molar-refractivity contribution in [3.8, 4) is 0 Å². The van der Waals surface area contributed by atoms with Crippen LogP contribution < -0.4 is 0 Å². The third-order valence-electron chi connectivity index (χ3n) is 2.96. The summed E-state index contributed by atoms with van der Waals surface area (Å²) in [5.74, 6) is 1.87. The van der Waals surface area contributed by atoms with Gasteiger partial charge in [-0.05, 0) is 11.8 Å². The molecule has 0 aliphatic carbocycles. The fourth-order valence-corrected chi connectivity index (χ4v) is 2.85. The molecule has 0 radical (unpaired) electrons. The predicted molar refractivity (Wildman–Crippen MR) is 58.7 cm³/mol. The third kappa shape index (κ3) is 2.48. The summed E-state index contributed by atoms with van der Waals surface area (Å²) >= 11 is 6.03. The standard InChI is InChI=1S/C9H21ClOSi/c1-7(2)9(5-10,6-11-12)8(3)4/h7-8H,5-6H2,1-4,12H3. The van der Waals surface area contributed by atoms with E-state index < -0.39 is 0 Å². The number of hydrogen-bond donors (Lipinski definition) is 0. The molecule has 0 aromatic carbocycles. The Morgan fingerprint density at radius 2 is 1.67 bits per heavy atom. The Morgan fingerprint density at radius 3 is 1.75 bits per heavy atom. The van der Waals surface area contributed by atoms with Crippen LogP contribution in [0.4, 0.5) is 0 Å². The van der Waals surface area contributed by atoms with Gasteiger partial charge in [-0.15, -0.1) is 11.6 Å². The Kier molecular flexibility index (Phi) is 5.46. The van der Waals surface area contributed by atoms with Gasteiger partial charge >= 0.3 is 0 Å². The molecule has 0 saturated carbocycles. The smallest absolute Gasteiger partial charge is 0.145 e. The van der Waals surface area contributed by atoms with E-state index >= 15 is 0 Å². The topological polar surface area (TPSA) is 9.23 Å². The molecule has 0 aliphatic heterocycles. The molecule has 0 aliphatic rings. The van der Waals surface area contributed by atoms with E-state index in [-0.39, 0.29) is 5.41 Å². The lowest BCUT2D eigenvalue weighted by molar-refractivity contribution is 0.0701. The fraction of sp³-hybridized carbons (Fsp3) is 1.00. The van der Waals surface area contributed by atoms with Gasteiger partial charge in [0.15, 0.2) is 0 Å². The molecule has 0 N–H and O–H groups in total. The zero-order valence-corrected chi connectivity index (χ0v) is 11.6. The molecule has 0 aromatic heterocycles. The number of hydrogen-bond acceptors (Lipinski definition) is 1. The lowest BCUT2D eigenvalue weighted by Gasteiger charge is -2.39. The van der Waals surface area contributed by atoms with Crippen molar-refractivity contribution in [1.29, 1.82) is 0 Å². The van der Waals surface area contributed by atoms with Gasteiger partial charge in [0.25, 0.3) is 0 Å². The van der Waals surface area contributed by atoms with Crippen molar-refractivity contribution >= 4 is 22.1 Å². The van der Waals surface area contributed by atoms with Gasteiger partial charge < -0.3 is 4.43 Å². The van der Waals surface area contributed by atoms with Crippen molar-refractivity contribution in [2.75, 3.05) is 12.5 Å². The Bertz CT molecular complexity index is 118. The largest absolute Gasteiger partial charge is 0.427 e. The second kappa shape index (κ2) is 5.25. The maximum Gasteiger partial charge on any atom is 0.145 e. The highest BCUT2D eigenvalue weighted by Gasteiger charge is 2.35. The molecule has 3 heteroatoms. The maximum absolute atomic E-state index is 6.03. The molecule has 0 heterocycles. The molecule has 0 fully saturated rings. The molecule has 0 amide bonds. The summed E-state index contributed by atoms with van der Waals surface area (Å²) in [5.41, 5.74) is 0.170. The van der Waals surface area contributed by atoms with Crippen LogP contribution in [-0.4, -0.2) is 23.0 Å². The first-order chi connectivity index (χ1) is 5.51. The summed E-state index contributed by atoms with van der Waals surface area (Å²) in [7, 11) is 0.807. The molecule has 0 saturated heterocycles. The second-order valence-corrected chi connectivity index (χ2v) is 4.95. The van der Waals surface area contributed by atoms with Crippen LogP contribution in [0.5, 0.6) is 0 Å². The summed E-state index contributed by atoms with van der Waals surface area (Å²) in [6, 6.07) is 0. The fourth-order valence-electron chi connectivity index (χ4n) is 1.62. The van der Waals surface area contributed by atoms with Gasteiger partial charge in [-0.25, -0.2) is 0 Å². The normalized spacial score (nSPS) is 13.2. The first kappa shape index (κ1) is 12.5. The van der Waals surface area contributed by atoms with E-state index in [0.717, 1.165) is 17.1 Å². The number of halogens is 1. The van der Waals surface area contributed by atoms with Crippen molar-refractivity contribution in [3.63, 3.8) is 0 Å². The second-order valence-electron chi connectivity index (χ2n) is 4.11. The van der Waals surface area contributed by atoms with E-state index in [2.05, 4.69) is 27.7 Å². The molecule has 0 unspecified atom stereocenters. The molecule has 0 atom stereocenters. The lowest BCUT2D eigenvalue weighted by atomic mass is 9.71. The molecular weight excluding hydrogens is 188 g/mol. The van der Waals surface area contributed by atoms with Crippen LogP contribution in [0.15, 0.2) is 0 Å². The molecule has 0 rings (SSSR count). The summed E-state index contributed by atoms with van der Waals surface area (Å²) in [5, 5.41) is 0. The quantitative estimate of drug-likeness (QED) is 0.495. The van der Waals surface area contributed by atoms with Crippen LogP contribution in [0, 0.1) is 17.3 Å². The summed E-state index contributed by atoms with van der Waals surface area (Å²) in [6.07, 6.45) is 0. The molecule has 12 heavy (non-hydrogen) atoms. The average molecular weight is 209 g/mol. The maximum atomic E-state index is 6.03. The summed E-state index contributed by atoms with van der Waals surface area (Å²) in [4.78, 5) is 0.